The molecule has 0 radical (unpaired) electrons. The highest BCUT2D eigenvalue weighted by Crippen LogP contribution is 2.45. The average Bonchev–Trinajstić information content (AvgIpc) is 3.35. The van der Waals surface area contributed by atoms with Crippen molar-refractivity contribution in [3.63, 3.8) is 0 Å². The second-order valence-corrected chi connectivity index (χ2v) is 11.2. The maximum absolute atomic E-state index is 13.5. The van der Waals surface area contributed by atoms with Crippen LogP contribution in [-0.4, -0.2) is 47.7 Å². The molecule has 1 aromatic carbocycles. The molecule has 2 aromatic heterocycles. The Labute approximate surface area is 249 Å². The topological polar surface area (TPSA) is 99.4 Å². The van der Waals surface area contributed by atoms with E-state index in [0.717, 1.165) is 84.1 Å². The molecule has 0 bridgehead atoms. The number of H-pyrrole nitrogens is 1. The van der Waals surface area contributed by atoms with Crippen molar-refractivity contribution in [1.82, 2.24) is 20.6 Å². The molecule has 3 N–H and O–H groups in total. The third kappa shape index (κ3) is 6.59. The van der Waals surface area contributed by atoms with Crippen LogP contribution >= 0.6 is 0 Å². The highest BCUT2D eigenvalue weighted by Gasteiger charge is 2.38. The van der Waals surface area contributed by atoms with Crippen LogP contribution in [0.2, 0.25) is 0 Å². The molecule has 1 saturated heterocycles. The zero-order valence-corrected chi connectivity index (χ0v) is 25.9. The van der Waals surface area contributed by atoms with Gasteiger partial charge in [-0.05, 0) is 74.2 Å². The number of aromatic nitrogens is 2. The molecule has 2 aliphatic heterocycles. The van der Waals surface area contributed by atoms with E-state index in [0.29, 0.717) is 17.5 Å². The number of hydrogen-bond donors (Lipinski definition) is 3. The zero-order chi connectivity index (χ0) is 30.4. The lowest BCUT2D eigenvalue weighted by Gasteiger charge is -2.28. The highest BCUT2D eigenvalue weighted by atomic mass is 16.5. The van der Waals surface area contributed by atoms with Gasteiger partial charge in [-0.25, -0.2) is 4.98 Å². The van der Waals surface area contributed by atoms with Gasteiger partial charge in [0.1, 0.15) is 17.2 Å². The number of benzene rings is 1. The fourth-order valence-corrected chi connectivity index (χ4v) is 5.52. The minimum absolute atomic E-state index is 0.153. The molecule has 1 atom stereocenters. The van der Waals surface area contributed by atoms with Crippen molar-refractivity contribution in [1.29, 1.82) is 0 Å². The van der Waals surface area contributed by atoms with Crippen LogP contribution in [0.1, 0.15) is 73.8 Å². The lowest BCUT2D eigenvalue weighted by molar-refractivity contribution is 0.0950. The first-order chi connectivity index (χ1) is 20.2. The molecule has 1 unspecified atom stereocenters. The van der Waals surface area contributed by atoms with Crippen LogP contribution in [0.4, 0.5) is 5.82 Å². The first-order valence-electron chi connectivity index (χ1n) is 15.1. The van der Waals surface area contributed by atoms with Crippen LogP contribution in [0.15, 0.2) is 53.5 Å². The quantitative estimate of drug-likeness (QED) is 0.316. The molecule has 224 valence electrons. The predicted molar refractivity (Wildman–Crippen MR) is 171 cm³/mol. The summed E-state index contributed by atoms with van der Waals surface area (Å²) in [6.45, 7) is 20.0. The third-order valence-electron chi connectivity index (χ3n) is 7.99. The Hall–Kier alpha value is -3.91. The van der Waals surface area contributed by atoms with E-state index >= 15 is 0 Å². The van der Waals surface area contributed by atoms with Gasteiger partial charge < -0.3 is 25.3 Å². The fourth-order valence-electron chi connectivity index (χ4n) is 5.52. The van der Waals surface area contributed by atoms with Crippen molar-refractivity contribution in [2.45, 2.75) is 73.0 Å². The molecule has 1 fully saturated rings. The van der Waals surface area contributed by atoms with Crippen LogP contribution in [0.3, 0.4) is 0 Å². The number of rotatable bonds is 8. The number of ether oxygens (including phenoxy) is 1. The lowest BCUT2D eigenvalue weighted by atomic mass is 9.91. The van der Waals surface area contributed by atoms with E-state index in [-0.39, 0.29) is 18.0 Å². The van der Waals surface area contributed by atoms with Crippen LogP contribution in [0, 0.1) is 6.92 Å². The SMILES string of the molecule is C=C(C)C1(C)Cc2cc(C(=O)NCc3c(CCC)cc(C)[nH]c3=O)cc(-c3ccc(N4CCNCC4)nc3)c2O1.CC. The van der Waals surface area contributed by atoms with Gasteiger partial charge in [0.25, 0.3) is 11.5 Å². The number of carbonyl (C=O) groups excluding carboxylic acids is 1. The second-order valence-electron chi connectivity index (χ2n) is 11.2. The summed E-state index contributed by atoms with van der Waals surface area (Å²) in [6, 6.07) is 9.84. The van der Waals surface area contributed by atoms with Gasteiger partial charge in [0.05, 0.1) is 0 Å². The van der Waals surface area contributed by atoms with Gasteiger partial charge >= 0.3 is 0 Å². The molecule has 0 spiro atoms. The zero-order valence-electron chi connectivity index (χ0n) is 25.9. The molecule has 3 aromatic rings. The first-order valence-corrected chi connectivity index (χ1v) is 15.1. The van der Waals surface area contributed by atoms with Crippen molar-refractivity contribution < 1.29 is 9.53 Å². The van der Waals surface area contributed by atoms with E-state index in [1.807, 2.05) is 71.1 Å². The van der Waals surface area contributed by atoms with Crippen LogP contribution in [0.5, 0.6) is 5.75 Å². The molecule has 8 heteroatoms. The summed E-state index contributed by atoms with van der Waals surface area (Å²) in [4.78, 5) is 36.1. The summed E-state index contributed by atoms with van der Waals surface area (Å²) in [7, 11) is 0. The van der Waals surface area contributed by atoms with Gasteiger partial charge in [0.2, 0.25) is 0 Å². The normalized spacial score (nSPS) is 17.5. The number of aryl methyl sites for hydroxylation is 2. The highest BCUT2D eigenvalue weighted by molar-refractivity contribution is 5.97. The Kier molecular flexibility index (Phi) is 9.89. The number of nitrogens with one attached hydrogen (secondary N) is 3. The van der Waals surface area contributed by atoms with Gasteiger partial charge in [-0.1, -0.05) is 33.8 Å². The molecule has 1 amide bonds. The second kappa shape index (κ2) is 13.4. The average molecular weight is 572 g/mol. The van der Waals surface area contributed by atoms with Crippen LogP contribution in [0.25, 0.3) is 11.1 Å². The molecule has 42 heavy (non-hydrogen) atoms. The lowest BCUT2D eigenvalue weighted by Crippen LogP contribution is -2.43. The van der Waals surface area contributed by atoms with E-state index < -0.39 is 5.60 Å². The van der Waals surface area contributed by atoms with Crippen molar-refractivity contribution in [3.05, 3.63) is 87.0 Å². The molecule has 0 aliphatic carbocycles. The van der Waals surface area contributed by atoms with Gasteiger partial charge in [-0.15, -0.1) is 0 Å². The first kappa shape index (κ1) is 31.0. The monoisotopic (exact) mass is 571 g/mol. The van der Waals surface area contributed by atoms with E-state index in [2.05, 4.69) is 34.0 Å². The standard InChI is InChI=1S/C32H39N5O3.C2H6/c1-6-7-22-14-21(4)36-31(39)27(22)19-35-30(38)24-15-25-17-32(5,20(2)3)40-29(25)26(16-24)23-8-9-28(34-18-23)37-12-10-33-11-13-37;1-2/h8-9,14-16,18,33H,2,6-7,10-13,17,19H2,1,3-5H3,(H,35,38)(H,36,39);1-2H3. The Morgan fingerprint density at radius 3 is 2.57 bits per heavy atom. The van der Waals surface area contributed by atoms with Gasteiger partial charge in [-0.2, -0.15) is 0 Å². The third-order valence-corrected chi connectivity index (χ3v) is 7.99. The molecule has 8 nitrogen and oxygen atoms in total. The summed E-state index contributed by atoms with van der Waals surface area (Å²) in [5.74, 6) is 1.47. The Morgan fingerprint density at radius 1 is 1.19 bits per heavy atom. The van der Waals surface area contributed by atoms with Crippen molar-refractivity contribution >= 4 is 11.7 Å². The summed E-state index contributed by atoms with van der Waals surface area (Å²) in [6.07, 6.45) is 4.18. The smallest absolute Gasteiger partial charge is 0.253 e. The number of hydrogen-bond acceptors (Lipinski definition) is 6. The van der Waals surface area contributed by atoms with Crippen LogP contribution < -0.4 is 25.8 Å². The number of piperazine rings is 1. The van der Waals surface area contributed by atoms with Gasteiger partial charge in [0, 0.05) is 73.3 Å². The number of pyridine rings is 2. The van der Waals surface area contributed by atoms with Crippen molar-refractivity contribution in [2.24, 2.45) is 0 Å². The molecule has 2 aliphatic rings. The summed E-state index contributed by atoms with van der Waals surface area (Å²) < 4.78 is 6.50. The van der Waals surface area contributed by atoms with E-state index in [1.165, 1.54) is 0 Å². The number of fused-ring (bicyclic) bond motifs is 1. The van der Waals surface area contributed by atoms with E-state index in [4.69, 9.17) is 9.72 Å². The van der Waals surface area contributed by atoms with Crippen molar-refractivity contribution in [3.8, 4) is 16.9 Å². The van der Waals surface area contributed by atoms with E-state index in [1.54, 1.807) is 0 Å². The minimum atomic E-state index is -0.551. The molecular formula is C34H45N5O3. The predicted octanol–water partition coefficient (Wildman–Crippen LogP) is 5.33. The summed E-state index contributed by atoms with van der Waals surface area (Å²) in [5.41, 5.74) is 5.81. The van der Waals surface area contributed by atoms with Crippen LogP contribution in [-0.2, 0) is 19.4 Å². The number of aromatic amines is 1. The largest absolute Gasteiger partial charge is 0.482 e. The van der Waals surface area contributed by atoms with Gasteiger partial charge in [0.15, 0.2) is 0 Å². The van der Waals surface area contributed by atoms with Crippen molar-refractivity contribution in [2.75, 3.05) is 31.1 Å². The number of amides is 1. The Morgan fingerprint density at radius 2 is 1.93 bits per heavy atom. The minimum Gasteiger partial charge on any atom is -0.482 e. The maximum Gasteiger partial charge on any atom is 0.253 e. The Balaban J connectivity index is 0.00000198. The maximum atomic E-state index is 13.5. The molecular weight excluding hydrogens is 526 g/mol. The molecule has 0 saturated carbocycles. The Bertz CT molecular complexity index is 1490. The summed E-state index contributed by atoms with van der Waals surface area (Å²) >= 11 is 0. The fraction of sp³-hybridized carbons (Fsp3) is 0.441. The van der Waals surface area contributed by atoms with E-state index in [9.17, 15) is 9.59 Å². The molecule has 5 rings (SSSR count). The van der Waals surface area contributed by atoms with Gasteiger partial charge in [-0.3, -0.25) is 9.59 Å². The molecule has 4 heterocycles. The number of anilines is 1. The summed E-state index contributed by atoms with van der Waals surface area (Å²) in [5, 5.41) is 6.36. The number of carbonyl (C=O) groups is 1. The number of nitrogens with zero attached hydrogens (tertiary/aromatic N) is 2.